The first kappa shape index (κ1) is 16.4. The minimum Gasteiger partial charge on any atom is -0.463 e. The maximum atomic E-state index is 11.1. The summed E-state index contributed by atoms with van der Waals surface area (Å²) in [7, 11) is 0. The summed E-state index contributed by atoms with van der Waals surface area (Å²) in [5, 5.41) is 9.59. The number of carbonyl (C=O) groups is 3. The highest BCUT2D eigenvalue weighted by Gasteiger charge is 2.43. The van der Waals surface area contributed by atoms with Crippen molar-refractivity contribution in [3.8, 4) is 0 Å². The molecular weight excluding hydrogens is 272 g/mol. The summed E-state index contributed by atoms with van der Waals surface area (Å²) in [6.07, 6.45) is -3.95. The molecule has 1 aliphatic rings. The molecule has 4 atom stereocenters. The number of aliphatic hydroxyl groups excluding tert-OH is 1. The first-order valence-corrected chi connectivity index (χ1v) is 6.11. The van der Waals surface area contributed by atoms with Gasteiger partial charge in [0.2, 0.25) is 0 Å². The van der Waals surface area contributed by atoms with Crippen LogP contribution in [0.3, 0.4) is 0 Å². The standard InChI is InChI=1S/C12H18O8/c1-6(13)17-5-10-12(19-8(3)15)9(18-7(2)14)4-11(16)20-10/h9-12,16H,4-5H2,1-3H3/t9?,10?,11?,12-/m0/s1. The zero-order valence-electron chi connectivity index (χ0n) is 11.5. The lowest BCUT2D eigenvalue weighted by Crippen LogP contribution is -2.53. The van der Waals surface area contributed by atoms with Gasteiger partial charge in [0.1, 0.15) is 18.8 Å². The van der Waals surface area contributed by atoms with Crippen molar-refractivity contribution in [1.29, 1.82) is 0 Å². The smallest absolute Gasteiger partial charge is 0.303 e. The molecule has 114 valence electrons. The fourth-order valence-corrected chi connectivity index (χ4v) is 1.91. The van der Waals surface area contributed by atoms with Crippen molar-refractivity contribution in [1.82, 2.24) is 0 Å². The van der Waals surface area contributed by atoms with Gasteiger partial charge in [0.15, 0.2) is 12.4 Å². The third-order valence-corrected chi connectivity index (χ3v) is 2.57. The average Bonchev–Trinajstić information content (AvgIpc) is 2.28. The van der Waals surface area contributed by atoms with E-state index in [9.17, 15) is 19.5 Å². The van der Waals surface area contributed by atoms with Crippen LogP contribution in [-0.2, 0) is 33.3 Å². The molecule has 1 aliphatic heterocycles. The van der Waals surface area contributed by atoms with Crippen LogP contribution >= 0.6 is 0 Å². The molecule has 0 amide bonds. The SMILES string of the molecule is CC(=O)OCC1OC(O)CC(OC(C)=O)[C@@H]1OC(C)=O. The van der Waals surface area contributed by atoms with Crippen LogP contribution in [0.5, 0.6) is 0 Å². The second-order valence-corrected chi connectivity index (χ2v) is 4.39. The molecule has 0 aromatic carbocycles. The molecule has 1 fully saturated rings. The molecule has 0 radical (unpaired) electrons. The van der Waals surface area contributed by atoms with E-state index in [-0.39, 0.29) is 13.0 Å². The van der Waals surface area contributed by atoms with Gasteiger partial charge in [-0.25, -0.2) is 0 Å². The number of rotatable bonds is 4. The molecule has 0 bridgehead atoms. The first-order valence-electron chi connectivity index (χ1n) is 6.11. The third kappa shape index (κ3) is 5.14. The van der Waals surface area contributed by atoms with Crippen molar-refractivity contribution in [2.75, 3.05) is 6.61 Å². The van der Waals surface area contributed by atoms with Crippen molar-refractivity contribution in [3.63, 3.8) is 0 Å². The summed E-state index contributed by atoms with van der Waals surface area (Å²) in [6.45, 7) is 3.39. The van der Waals surface area contributed by atoms with E-state index in [2.05, 4.69) is 0 Å². The predicted molar refractivity (Wildman–Crippen MR) is 63.2 cm³/mol. The van der Waals surface area contributed by atoms with Crippen LogP contribution in [0.1, 0.15) is 27.2 Å². The van der Waals surface area contributed by atoms with Crippen LogP contribution in [0.15, 0.2) is 0 Å². The Kier molecular flexibility index (Phi) is 5.90. The fourth-order valence-electron chi connectivity index (χ4n) is 1.91. The molecule has 0 aromatic rings. The number of carbonyl (C=O) groups excluding carboxylic acids is 3. The summed E-state index contributed by atoms with van der Waals surface area (Å²) in [5.74, 6) is -1.72. The molecule has 3 unspecified atom stereocenters. The zero-order valence-corrected chi connectivity index (χ0v) is 11.5. The van der Waals surface area contributed by atoms with Crippen LogP contribution in [0.2, 0.25) is 0 Å². The Labute approximate surface area is 115 Å². The summed E-state index contributed by atoms with van der Waals surface area (Å²) >= 11 is 0. The molecule has 0 aromatic heterocycles. The lowest BCUT2D eigenvalue weighted by atomic mass is 10.0. The highest BCUT2D eigenvalue weighted by Crippen LogP contribution is 2.25. The molecule has 8 heteroatoms. The van der Waals surface area contributed by atoms with Crippen LogP contribution in [0, 0.1) is 0 Å². The summed E-state index contributed by atoms with van der Waals surface area (Å²) < 4.78 is 20.0. The van der Waals surface area contributed by atoms with Gasteiger partial charge in [-0.2, -0.15) is 0 Å². The van der Waals surface area contributed by atoms with Gasteiger partial charge >= 0.3 is 17.9 Å². The predicted octanol–water partition coefficient (Wildman–Crippen LogP) is -0.480. The van der Waals surface area contributed by atoms with Gasteiger partial charge in [-0.05, 0) is 0 Å². The van der Waals surface area contributed by atoms with Gasteiger partial charge in [-0.15, -0.1) is 0 Å². The molecule has 0 aliphatic carbocycles. The van der Waals surface area contributed by atoms with Crippen molar-refractivity contribution in [2.45, 2.75) is 51.8 Å². The number of esters is 3. The van der Waals surface area contributed by atoms with E-state index in [0.29, 0.717) is 0 Å². The van der Waals surface area contributed by atoms with Crippen LogP contribution < -0.4 is 0 Å². The van der Waals surface area contributed by atoms with Gasteiger partial charge in [0, 0.05) is 27.2 Å². The van der Waals surface area contributed by atoms with Gasteiger partial charge in [-0.3, -0.25) is 14.4 Å². The monoisotopic (exact) mass is 290 g/mol. The van der Waals surface area contributed by atoms with Gasteiger partial charge in [-0.1, -0.05) is 0 Å². The Morgan fingerprint density at radius 2 is 1.70 bits per heavy atom. The minimum atomic E-state index is -1.20. The van der Waals surface area contributed by atoms with E-state index in [1.807, 2.05) is 0 Å². The summed E-state index contributed by atoms with van der Waals surface area (Å²) in [4.78, 5) is 33.0. The van der Waals surface area contributed by atoms with E-state index in [1.54, 1.807) is 0 Å². The summed E-state index contributed by atoms with van der Waals surface area (Å²) in [6, 6.07) is 0. The van der Waals surface area contributed by atoms with Crippen LogP contribution in [-0.4, -0.2) is 54.2 Å². The van der Waals surface area contributed by atoms with Crippen molar-refractivity contribution in [2.24, 2.45) is 0 Å². The minimum absolute atomic E-state index is 0.0336. The van der Waals surface area contributed by atoms with E-state index >= 15 is 0 Å². The summed E-state index contributed by atoms with van der Waals surface area (Å²) in [5.41, 5.74) is 0. The number of hydrogen-bond acceptors (Lipinski definition) is 8. The molecule has 1 saturated heterocycles. The third-order valence-electron chi connectivity index (χ3n) is 2.57. The van der Waals surface area contributed by atoms with E-state index < -0.39 is 42.5 Å². The van der Waals surface area contributed by atoms with Gasteiger partial charge in [0.05, 0.1) is 0 Å². The Morgan fingerprint density at radius 3 is 2.20 bits per heavy atom. The van der Waals surface area contributed by atoms with E-state index in [4.69, 9.17) is 18.9 Å². The highest BCUT2D eigenvalue weighted by molar-refractivity contribution is 5.67. The van der Waals surface area contributed by atoms with Crippen LogP contribution in [0.4, 0.5) is 0 Å². The fraction of sp³-hybridized carbons (Fsp3) is 0.750. The van der Waals surface area contributed by atoms with Gasteiger partial charge < -0.3 is 24.1 Å². The quantitative estimate of drug-likeness (QED) is 0.546. The molecule has 0 saturated carbocycles. The lowest BCUT2D eigenvalue weighted by Gasteiger charge is -2.38. The average molecular weight is 290 g/mol. The Bertz CT molecular complexity index is 380. The Balaban J connectivity index is 2.82. The maximum Gasteiger partial charge on any atom is 0.303 e. The second-order valence-electron chi connectivity index (χ2n) is 4.39. The Hall–Kier alpha value is -1.67. The molecule has 1 N–H and O–H groups in total. The lowest BCUT2D eigenvalue weighted by molar-refractivity contribution is -0.252. The van der Waals surface area contributed by atoms with Crippen molar-refractivity contribution in [3.05, 3.63) is 0 Å². The largest absolute Gasteiger partial charge is 0.463 e. The number of aliphatic hydroxyl groups is 1. The normalized spacial score (nSPS) is 29.4. The molecular formula is C12H18O8. The highest BCUT2D eigenvalue weighted by atomic mass is 16.7. The molecule has 1 rings (SSSR count). The molecule has 1 heterocycles. The van der Waals surface area contributed by atoms with E-state index in [0.717, 1.165) is 0 Å². The number of hydrogen-bond donors (Lipinski definition) is 1. The van der Waals surface area contributed by atoms with Gasteiger partial charge in [0.25, 0.3) is 0 Å². The van der Waals surface area contributed by atoms with Crippen LogP contribution in [0.25, 0.3) is 0 Å². The van der Waals surface area contributed by atoms with Crippen molar-refractivity contribution < 1.29 is 38.4 Å². The molecule has 0 spiro atoms. The maximum absolute atomic E-state index is 11.1. The molecule has 20 heavy (non-hydrogen) atoms. The van der Waals surface area contributed by atoms with E-state index in [1.165, 1.54) is 20.8 Å². The molecule has 8 nitrogen and oxygen atoms in total. The first-order chi connectivity index (χ1) is 9.29. The van der Waals surface area contributed by atoms with Crippen molar-refractivity contribution >= 4 is 17.9 Å². The topological polar surface area (TPSA) is 108 Å². The Morgan fingerprint density at radius 1 is 1.10 bits per heavy atom. The number of ether oxygens (including phenoxy) is 4. The zero-order chi connectivity index (χ0) is 15.3. The second kappa shape index (κ2) is 7.20.